The van der Waals surface area contributed by atoms with Crippen molar-refractivity contribution in [3.8, 4) is 5.75 Å². The SMILES string of the molecule is CCC(C(=O)Nc1c(C)cccc1C(C)C)N(c1ccc(OC)cc1)S(C)(=O)=O. The summed E-state index contributed by atoms with van der Waals surface area (Å²) in [5.74, 6) is 0.476. The molecule has 7 heteroatoms. The Labute approximate surface area is 173 Å². The quantitative estimate of drug-likeness (QED) is 0.693. The summed E-state index contributed by atoms with van der Waals surface area (Å²) in [6, 6.07) is 11.6. The number of carbonyl (C=O) groups is 1. The van der Waals surface area contributed by atoms with E-state index < -0.39 is 16.1 Å². The number of anilines is 2. The van der Waals surface area contributed by atoms with E-state index in [1.54, 1.807) is 38.3 Å². The molecular formula is C22H30N2O4S. The lowest BCUT2D eigenvalue weighted by atomic mass is 9.98. The van der Waals surface area contributed by atoms with E-state index in [4.69, 9.17) is 4.74 Å². The van der Waals surface area contributed by atoms with Crippen molar-refractivity contribution in [3.05, 3.63) is 53.6 Å². The van der Waals surface area contributed by atoms with E-state index in [0.717, 1.165) is 23.1 Å². The molecule has 29 heavy (non-hydrogen) atoms. The van der Waals surface area contributed by atoms with Crippen molar-refractivity contribution in [1.82, 2.24) is 0 Å². The van der Waals surface area contributed by atoms with Crippen molar-refractivity contribution in [2.24, 2.45) is 0 Å². The maximum Gasteiger partial charge on any atom is 0.248 e. The van der Waals surface area contributed by atoms with Gasteiger partial charge >= 0.3 is 0 Å². The molecule has 0 spiro atoms. The van der Waals surface area contributed by atoms with E-state index in [1.807, 2.05) is 25.1 Å². The molecule has 0 fully saturated rings. The van der Waals surface area contributed by atoms with Crippen molar-refractivity contribution >= 4 is 27.3 Å². The Morgan fingerprint density at radius 2 is 1.76 bits per heavy atom. The average molecular weight is 419 g/mol. The fourth-order valence-electron chi connectivity index (χ4n) is 3.34. The molecule has 0 aliphatic rings. The third kappa shape index (κ3) is 5.29. The van der Waals surface area contributed by atoms with Gasteiger partial charge in [0.2, 0.25) is 15.9 Å². The number of hydrogen-bond acceptors (Lipinski definition) is 4. The van der Waals surface area contributed by atoms with Gasteiger partial charge in [0.05, 0.1) is 19.1 Å². The van der Waals surface area contributed by atoms with Gasteiger partial charge < -0.3 is 10.1 Å². The number of benzene rings is 2. The third-order valence-corrected chi connectivity index (χ3v) is 6.01. The standard InChI is InChI=1S/C22H30N2O4S/c1-7-20(22(25)23-21-16(4)9-8-10-19(21)15(2)3)24(29(6,26)27)17-11-13-18(28-5)14-12-17/h8-15,20H,7H2,1-6H3,(H,23,25). The second kappa shape index (κ2) is 9.31. The highest BCUT2D eigenvalue weighted by atomic mass is 32.2. The Kier molecular flexibility index (Phi) is 7.30. The zero-order valence-electron chi connectivity index (χ0n) is 17.9. The summed E-state index contributed by atoms with van der Waals surface area (Å²) in [4.78, 5) is 13.2. The molecule has 0 saturated carbocycles. The minimum absolute atomic E-state index is 0.220. The molecule has 2 aromatic rings. The second-order valence-electron chi connectivity index (χ2n) is 7.36. The van der Waals surface area contributed by atoms with Gasteiger partial charge in [-0.25, -0.2) is 8.42 Å². The molecule has 0 radical (unpaired) electrons. The van der Waals surface area contributed by atoms with Gasteiger partial charge in [0.15, 0.2) is 0 Å². The Morgan fingerprint density at radius 1 is 1.14 bits per heavy atom. The first-order chi connectivity index (χ1) is 13.6. The number of sulfonamides is 1. The van der Waals surface area contributed by atoms with Crippen molar-refractivity contribution in [2.45, 2.75) is 46.1 Å². The summed E-state index contributed by atoms with van der Waals surface area (Å²) in [5, 5.41) is 2.99. The average Bonchev–Trinajstić information content (AvgIpc) is 2.66. The van der Waals surface area contributed by atoms with Crippen LogP contribution in [0.25, 0.3) is 0 Å². The fourth-order valence-corrected chi connectivity index (χ4v) is 4.55. The zero-order chi connectivity index (χ0) is 21.8. The molecule has 0 aliphatic heterocycles. The molecule has 1 N–H and O–H groups in total. The van der Waals surface area contributed by atoms with Crippen LogP contribution in [-0.2, 0) is 14.8 Å². The molecule has 0 aromatic heterocycles. The van der Waals surface area contributed by atoms with Gasteiger partial charge in [-0.1, -0.05) is 39.0 Å². The molecule has 1 atom stereocenters. The van der Waals surface area contributed by atoms with E-state index in [-0.39, 0.29) is 11.8 Å². The number of ether oxygens (including phenoxy) is 1. The first-order valence-corrected chi connectivity index (χ1v) is 11.5. The van der Waals surface area contributed by atoms with Gasteiger partial charge in [-0.3, -0.25) is 9.10 Å². The highest BCUT2D eigenvalue weighted by molar-refractivity contribution is 7.92. The molecule has 1 amide bonds. The molecular weight excluding hydrogens is 388 g/mol. The second-order valence-corrected chi connectivity index (χ2v) is 9.22. The van der Waals surface area contributed by atoms with Crippen molar-refractivity contribution < 1.29 is 17.9 Å². The fraction of sp³-hybridized carbons (Fsp3) is 0.409. The smallest absolute Gasteiger partial charge is 0.248 e. The van der Waals surface area contributed by atoms with E-state index >= 15 is 0 Å². The van der Waals surface area contributed by atoms with Gasteiger partial charge in [-0.05, 0) is 54.7 Å². The number of carbonyl (C=O) groups excluding carboxylic acids is 1. The largest absolute Gasteiger partial charge is 0.497 e. The Morgan fingerprint density at radius 3 is 2.24 bits per heavy atom. The lowest BCUT2D eigenvalue weighted by Crippen LogP contribution is -2.47. The first-order valence-electron chi connectivity index (χ1n) is 9.64. The predicted molar refractivity (Wildman–Crippen MR) is 118 cm³/mol. The Hall–Kier alpha value is -2.54. The maximum atomic E-state index is 13.2. The number of rotatable bonds is 8. The van der Waals surface area contributed by atoms with Crippen LogP contribution in [0.15, 0.2) is 42.5 Å². The zero-order valence-corrected chi connectivity index (χ0v) is 18.7. The van der Waals surface area contributed by atoms with Crippen LogP contribution in [0.2, 0.25) is 0 Å². The number of aryl methyl sites for hydroxylation is 1. The topological polar surface area (TPSA) is 75.7 Å². The van der Waals surface area contributed by atoms with Crippen LogP contribution in [0.4, 0.5) is 11.4 Å². The summed E-state index contributed by atoms with van der Waals surface area (Å²) in [7, 11) is -2.15. The normalized spacial score (nSPS) is 12.5. The predicted octanol–water partition coefficient (Wildman–Crippen LogP) is 4.31. The van der Waals surface area contributed by atoms with Gasteiger partial charge in [-0.2, -0.15) is 0 Å². The summed E-state index contributed by atoms with van der Waals surface area (Å²) in [6.07, 6.45) is 1.44. The molecule has 2 aromatic carbocycles. The molecule has 0 saturated heterocycles. The highest BCUT2D eigenvalue weighted by Gasteiger charge is 2.32. The minimum Gasteiger partial charge on any atom is -0.497 e. The van der Waals surface area contributed by atoms with Crippen LogP contribution in [0.5, 0.6) is 5.75 Å². The van der Waals surface area contributed by atoms with Gasteiger partial charge in [0, 0.05) is 5.69 Å². The van der Waals surface area contributed by atoms with Crippen LogP contribution in [0.3, 0.4) is 0 Å². The summed E-state index contributed by atoms with van der Waals surface area (Å²) >= 11 is 0. The lowest BCUT2D eigenvalue weighted by Gasteiger charge is -2.30. The van der Waals surface area contributed by atoms with Crippen molar-refractivity contribution in [3.63, 3.8) is 0 Å². The Bertz CT molecular complexity index is 953. The summed E-state index contributed by atoms with van der Waals surface area (Å²) < 4.78 is 31.5. The van der Waals surface area contributed by atoms with Gasteiger partial charge in [0.25, 0.3) is 0 Å². The van der Waals surface area contributed by atoms with Crippen LogP contribution in [-0.4, -0.2) is 33.7 Å². The summed E-state index contributed by atoms with van der Waals surface area (Å²) in [5.41, 5.74) is 3.12. The van der Waals surface area contributed by atoms with Crippen LogP contribution in [0.1, 0.15) is 44.2 Å². The first kappa shape index (κ1) is 22.7. The van der Waals surface area contributed by atoms with Gasteiger partial charge in [0.1, 0.15) is 11.8 Å². The number of hydrogen-bond donors (Lipinski definition) is 1. The number of amides is 1. The molecule has 0 heterocycles. The lowest BCUT2D eigenvalue weighted by molar-refractivity contribution is -0.117. The van der Waals surface area contributed by atoms with Crippen LogP contribution >= 0.6 is 0 Å². The highest BCUT2D eigenvalue weighted by Crippen LogP contribution is 2.29. The number of nitrogens with zero attached hydrogens (tertiary/aromatic N) is 1. The number of para-hydroxylation sites is 1. The van der Waals surface area contributed by atoms with Crippen molar-refractivity contribution in [2.75, 3.05) is 23.0 Å². The molecule has 6 nitrogen and oxygen atoms in total. The number of methoxy groups -OCH3 is 1. The van der Waals surface area contributed by atoms with Crippen LogP contribution < -0.4 is 14.4 Å². The Balaban J connectivity index is 2.44. The van der Waals surface area contributed by atoms with Crippen molar-refractivity contribution in [1.29, 1.82) is 0 Å². The molecule has 158 valence electrons. The molecule has 0 aliphatic carbocycles. The van der Waals surface area contributed by atoms with Crippen LogP contribution in [0, 0.1) is 6.92 Å². The minimum atomic E-state index is -3.69. The maximum absolute atomic E-state index is 13.2. The summed E-state index contributed by atoms with van der Waals surface area (Å²) in [6.45, 7) is 7.84. The number of nitrogens with one attached hydrogen (secondary N) is 1. The monoisotopic (exact) mass is 418 g/mol. The van der Waals surface area contributed by atoms with E-state index in [1.165, 1.54) is 4.31 Å². The third-order valence-electron chi connectivity index (χ3n) is 4.83. The van der Waals surface area contributed by atoms with E-state index in [9.17, 15) is 13.2 Å². The molecule has 1 unspecified atom stereocenters. The van der Waals surface area contributed by atoms with Gasteiger partial charge in [-0.15, -0.1) is 0 Å². The van der Waals surface area contributed by atoms with E-state index in [0.29, 0.717) is 17.9 Å². The molecule has 2 rings (SSSR count). The van der Waals surface area contributed by atoms with E-state index in [2.05, 4.69) is 19.2 Å². The molecule has 0 bridgehead atoms.